The molecule has 0 radical (unpaired) electrons. The second kappa shape index (κ2) is 5.17. The van der Waals surface area contributed by atoms with E-state index in [9.17, 15) is 4.79 Å². The smallest absolute Gasteiger partial charge is 0.269 e. The third-order valence-electron chi connectivity index (χ3n) is 3.70. The highest BCUT2D eigenvalue weighted by atomic mass is 32.1. The first-order chi connectivity index (χ1) is 11.1. The van der Waals surface area contributed by atoms with Crippen LogP contribution in [0, 0.1) is 6.92 Å². The van der Waals surface area contributed by atoms with E-state index in [1.807, 2.05) is 35.3 Å². The van der Waals surface area contributed by atoms with E-state index in [0.29, 0.717) is 16.2 Å². The molecule has 1 N–H and O–H groups in total. The molecule has 0 fully saturated rings. The summed E-state index contributed by atoms with van der Waals surface area (Å²) >= 11 is 1.42. The number of thiophene rings is 1. The van der Waals surface area contributed by atoms with Gasteiger partial charge in [0.25, 0.3) is 5.56 Å². The second-order valence-electron chi connectivity index (χ2n) is 5.54. The molecule has 3 heterocycles. The van der Waals surface area contributed by atoms with Crippen LogP contribution < -0.4 is 5.56 Å². The number of H-pyrrole nitrogens is 1. The van der Waals surface area contributed by atoms with E-state index in [1.54, 1.807) is 6.33 Å². The number of nitrogens with one attached hydrogen (secondary N) is 1. The summed E-state index contributed by atoms with van der Waals surface area (Å²) in [5, 5.41) is 1.99. The average Bonchev–Trinajstić information content (AvgIpc) is 3.13. The number of nitrogens with zero attached hydrogens (tertiary/aromatic N) is 3. The summed E-state index contributed by atoms with van der Waals surface area (Å²) in [6, 6.07) is 8.21. The second-order valence-corrected chi connectivity index (χ2v) is 6.42. The van der Waals surface area contributed by atoms with Gasteiger partial charge in [0.15, 0.2) is 5.82 Å². The minimum absolute atomic E-state index is 0.125. The predicted molar refractivity (Wildman–Crippen MR) is 92.6 cm³/mol. The molecule has 0 saturated heterocycles. The molecule has 0 aliphatic heterocycles. The normalized spacial score (nSPS) is 11.2. The molecule has 23 heavy (non-hydrogen) atoms. The number of aromatic amines is 1. The van der Waals surface area contributed by atoms with Crippen LogP contribution in [0.25, 0.3) is 32.9 Å². The average molecular weight is 322 g/mol. The highest BCUT2D eigenvalue weighted by Crippen LogP contribution is 2.32. The number of imidazole rings is 1. The highest BCUT2D eigenvalue weighted by molar-refractivity contribution is 7.17. The molecule has 4 rings (SSSR count). The Kier molecular flexibility index (Phi) is 3.12. The van der Waals surface area contributed by atoms with Gasteiger partial charge in [-0.15, -0.1) is 11.3 Å². The molecular formula is C17H14N4OS. The Morgan fingerprint density at radius 1 is 1.30 bits per heavy atom. The number of hydrogen-bond acceptors (Lipinski definition) is 4. The van der Waals surface area contributed by atoms with Gasteiger partial charge in [-0.2, -0.15) is 0 Å². The van der Waals surface area contributed by atoms with Crippen LogP contribution in [-0.2, 0) is 7.05 Å². The van der Waals surface area contributed by atoms with Crippen LogP contribution >= 0.6 is 11.3 Å². The van der Waals surface area contributed by atoms with Gasteiger partial charge in [0.2, 0.25) is 0 Å². The monoisotopic (exact) mass is 322 g/mol. The molecule has 4 aromatic rings. The molecule has 0 unspecified atom stereocenters. The minimum Gasteiger partial charge on any atom is -0.340 e. The van der Waals surface area contributed by atoms with E-state index in [4.69, 9.17) is 0 Å². The van der Waals surface area contributed by atoms with Gasteiger partial charge in [0.05, 0.1) is 11.8 Å². The topological polar surface area (TPSA) is 63.6 Å². The Balaban J connectivity index is 1.97. The van der Waals surface area contributed by atoms with Crippen LogP contribution in [0.1, 0.15) is 5.56 Å². The standard InChI is InChI=1S/C17H14N4OS/c1-10-4-3-5-11(6-10)12-8-23-15-14(12)19-16(20-17(15)22)13-7-21(2)9-18-13/h3-9H,1-2H3,(H,19,20,22). The summed E-state index contributed by atoms with van der Waals surface area (Å²) in [6.45, 7) is 2.05. The van der Waals surface area contributed by atoms with Crippen LogP contribution in [0.3, 0.4) is 0 Å². The zero-order valence-corrected chi connectivity index (χ0v) is 13.5. The molecule has 114 valence electrons. The van der Waals surface area contributed by atoms with Gasteiger partial charge in [-0.05, 0) is 12.5 Å². The largest absolute Gasteiger partial charge is 0.340 e. The fraction of sp³-hybridized carbons (Fsp3) is 0.118. The minimum atomic E-state index is -0.125. The maximum Gasteiger partial charge on any atom is 0.269 e. The van der Waals surface area contributed by atoms with E-state index >= 15 is 0 Å². The number of aryl methyl sites for hydroxylation is 2. The van der Waals surface area contributed by atoms with E-state index < -0.39 is 0 Å². The van der Waals surface area contributed by atoms with Gasteiger partial charge in [-0.1, -0.05) is 29.8 Å². The fourth-order valence-corrected chi connectivity index (χ4v) is 3.51. The van der Waals surface area contributed by atoms with Crippen molar-refractivity contribution in [3.8, 4) is 22.6 Å². The summed E-state index contributed by atoms with van der Waals surface area (Å²) in [5.41, 5.74) is 4.49. The molecule has 0 aliphatic carbocycles. The summed E-state index contributed by atoms with van der Waals surface area (Å²) in [4.78, 5) is 24.1. The number of fused-ring (bicyclic) bond motifs is 1. The van der Waals surface area contributed by atoms with Crippen LogP contribution in [-0.4, -0.2) is 19.5 Å². The fourth-order valence-electron chi connectivity index (χ4n) is 2.60. The lowest BCUT2D eigenvalue weighted by Gasteiger charge is -2.02. The molecule has 1 aromatic carbocycles. The third-order valence-corrected chi connectivity index (χ3v) is 4.67. The quantitative estimate of drug-likeness (QED) is 0.615. The molecule has 3 aromatic heterocycles. The van der Waals surface area contributed by atoms with E-state index in [2.05, 4.69) is 34.0 Å². The lowest BCUT2D eigenvalue weighted by Crippen LogP contribution is -2.08. The van der Waals surface area contributed by atoms with Crippen LogP contribution in [0.2, 0.25) is 0 Å². The molecule has 6 heteroatoms. The first-order valence-corrected chi connectivity index (χ1v) is 8.06. The van der Waals surface area contributed by atoms with Crippen molar-refractivity contribution in [2.24, 2.45) is 7.05 Å². The Hall–Kier alpha value is -2.73. The SMILES string of the molecule is Cc1cccc(-c2csc3c(=O)[nH]c(-c4cn(C)cn4)nc23)c1. The van der Waals surface area contributed by atoms with Crippen molar-refractivity contribution in [2.75, 3.05) is 0 Å². The maximum atomic E-state index is 12.4. The molecule has 0 bridgehead atoms. The zero-order valence-electron chi connectivity index (χ0n) is 12.7. The summed E-state index contributed by atoms with van der Waals surface area (Å²) in [6.07, 6.45) is 3.53. The highest BCUT2D eigenvalue weighted by Gasteiger charge is 2.14. The Bertz CT molecular complexity index is 1070. The van der Waals surface area contributed by atoms with Crippen molar-refractivity contribution in [1.82, 2.24) is 19.5 Å². The van der Waals surface area contributed by atoms with Crippen molar-refractivity contribution < 1.29 is 0 Å². The zero-order chi connectivity index (χ0) is 16.0. The van der Waals surface area contributed by atoms with Gasteiger partial charge < -0.3 is 9.55 Å². The number of aromatic nitrogens is 4. The van der Waals surface area contributed by atoms with Crippen molar-refractivity contribution >= 4 is 21.6 Å². The summed E-state index contributed by atoms with van der Waals surface area (Å²) in [5.74, 6) is 0.496. The molecule has 0 atom stereocenters. The first kappa shape index (κ1) is 13.9. The van der Waals surface area contributed by atoms with Crippen molar-refractivity contribution in [1.29, 1.82) is 0 Å². The van der Waals surface area contributed by atoms with Crippen LogP contribution in [0.5, 0.6) is 0 Å². The van der Waals surface area contributed by atoms with E-state index in [0.717, 1.165) is 16.6 Å². The molecule has 0 saturated carbocycles. The van der Waals surface area contributed by atoms with Crippen LogP contribution in [0.4, 0.5) is 0 Å². The third kappa shape index (κ3) is 2.37. The lowest BCUT2D eigenvalue weighted by molar-refractivity contribution is 0.913. The Morgan fingerprint density at radius 2 is 2.17 bits per heavy atom. The predicted octanol–water partition coefficient (Wildman–Crippen LogP) is 3.36. The van der Waals surface area contributed by atoms with Crippen LogP contribution in [0.15, 0.2) is 47.0 Å². The van der Waals surface area contributed by atoms with Crippen molar-refractivity contribution in [3.63, 3.8) is 0 Å². The number of benzene rings is 1. The lowest BCUT2D eigenvalue weighted by atomic mass is 10.1. The van der Waals surface area contributed by atoms with E-state index in [-0.39, 0.29) is 5.56 Å². The molecule has 0 spiro atoms. The molecule has 0 amide bonds. The van der Waals surface area contributed by atoms with Gasteiger partial charge in [0.1, 0.15) is 10.4 Å². The van der Waals surface area contributed by atoms with Crippen molar-refractivity contribution in [2.45, 2.75) is 6.92 Å². The molecular weight excluding hydrogens is 308 g/mol. The number of hydrogen-bond donors (Lipinski definition) is 1. The van der Waals surface area contributed by atoms with Gasteiger partial charge in [-0.25, -0.2) is 9.97 Å². The van der Waals surface area contributed by atoms with Gasteiger partial charge in [-0.3, -0.25) is 4.79 Å². The Labute approximate surface area is 136 Å². The summed E-state index contributed by atoms with van der Waals surface area (Å²) < 4.78 is 2.47. The Morgan fingerprint density at radius 3 is 2.91 bits per heavy atom. The first-order valence-electron chi connectivity index (χ1n) is 7.19. The van der Waals surface area contributed by atoms with Gasteiger partial charge in [0, 0.05) is 24.2 Å². The molecule has 0 aliphatic rings. The van der Waals surface area contributed by atoms with E-state index in [1.165, 1.54) is 16.9 Å². The van der Waals surface area contributed by atoms with Crippen molar-refractivity contribution in [3.05, 3.63) is 58.1 Å². The summed E-state index contributed by atoms with van der Waals surface area (Å²) in [7, 11) is 1.88. The molecule has 5 nitrogen and oxygen atoms in total. The van der Waals surface area contributed by atoms with Gasteiger partial charge >= 0.3 is 0 Å². The number of rotatable bonds is 2. The maximum absolute atomic E-state index is 12.4.